The van der Waals surface area contributed by atoms with Gasteiger partial charge in [0.05, 0.1) is 18.0 Å². The van der Waals surface area contributed by atoms with E-state index in [0.717, 1.165) is 30.4 Å². The molecular weight excluding hydrogens is 616 g/mol. The van der Waals surface area contributed by atoms with Crippen LogP contribution in [-0.2, 0) is 14.8 Å². The Labute approximate surface area is 277 Å². The van der Waals surface area contributed by atoms with Crippen LogP contribution in [0.3, 0.4) is 0 Å². The lowest BCUT2D eigenvalue weighted by atomic mass is 9.85. The van der Waals surface area contributed by atoms with Crippen LogP contribution < -0.4 is 16.0 Å². The summed E-state index contributed by atoms with van der Waals surface area (Å²) in [4.78, 5) is 39.8. The van der Waals surface area contributed by atoms with Crippen LogP contribution in [0.1, 0.15) is 97.2 Å². The van der Waals surface area contributed by atoms with Crippen molar-refractivity contribution in [3.05, 3.63) is 77.5 Å². The van der Waals surface area contributed by atoms with Gasteiger partial charge in [-0.1, -0.05) is 74.6 Å². The molecule has 3 aromatic rings. The maximum Gasteiger partial charge on any atom is 0.269 e. The van der Waals surface area contributed by atoms with E-state index in [2.05, 4.69) is 26.1 Å². The molecule has 0 spiro atoms. The number of amides is 3. The number of piperidine rings is 1. The van der Waals surface area contributed by atoms with Gasteiger partial charge in [0.15, 0.2) is 0 Å². The van der Waals surface area contributed by atoms with Crippen LogP contribution in [0.15, 0.2) is 60.7 Å². The zero-order valence-corrected chi connectivity index (χ0v) is 28.0. The predicted octanol–water partition coefficient (Wildman–Crippen LogP) is 4.57. The Hall–Kier alpha value is -4.03. The van der Waals surface area contributed by atoms with Gasteiger partial charge < -0.3 is 16.0 Å². The van der Waals surface area contributed by atoms with Gasteiger partial charge >= 0.3 is 0 Å². The van der Waals surface area contributed by atoms with Gasteiger partial charge in [0.2, 0.25) is 15.9 Å². The lowest BCUT2D eigenvalue weighted by Gasteiger charge is -2.32. The summed E-state index contributed by atoms with van der Waals surface area (Å²) in [5.41, 5.74) is 3.16. The normalized spacial score (nSPS) is 19.0. The minimum atomic E-state index is -3.35. The molecule has 0 bridgehead atoms. The fraction of sp³-hybridized carbons (Fsp3) is 0.486. The fourth-order valence-corrected chi connectivity index (χ4v) is 7.44. The van der Waals surface area contributed by atoms with Crippen molar-refractivity contribution in [2.24, 2.45) is 5.92 Å². The minimum Gasteiger partial charge on any atom is -0.350 e. The number of H-pyrrole nitrogens is 1. The van der Waals surface area contributed by atoms with Gasteiger partial charge in [0.25, 0.3) is 11.8 Å². The second-order valence-electron chi connectivity index (χ2n) is 12.9. The van der Waals surface area contributed by atoms with Gasteiger partial charge in [-0.25, -0.2) is 12.7 Å². The first kappa shape index (κ1) is 34.3. The second kappa shape index (κ2) is 15.7. The number of hydrogen-bond donors (Lipinski definition) is 4. The van der Waals surface area contributed by atoms with Crippen LogP contribution >= 0.6 is 0 Å². The second-order valence-corrected chi connectivity index (χ2v) is 14.9. The van der Waals surface area contributed by atoms with Crippen molar-refractivity contribution in [2.45, 2.75) is 82.8 Å². The Morgan fingerprint density at radius 2 is 1.66 bits per heavy atom. The molecule has 1 aliphatic heterocycles. The van der Waals surface area contributed by atoms with E-state index in [9.17, 15) is 22.8 Å². The maximum absolute atomic E-state index is 13.5. The molecule has 1 saturated carbocycles. The van der Waals surface area contributed by atoms with Crippen molar-refractivity contribution in [1.82, 2.24) is 30.5 Å². The number of benzene rings is 2. The first-order chi connectivity index (χ1) is 22.6. The molecule has 252 valence electrons. The van der Waals surface area contributed by atoms with Gasteiger partial charge in [-0.15, -0.1) is 0 Å². The quantitative estimate of drug-likeness (QED) is 0.223. The fourth-order valence-electron chi connectivity index (χ4n) is 6.53. The Morgan fingerprint density at radius 3 is 2.36 bits per heavy atom. The van der Waals surface area contributed by atoms with Crippen LogP contribution in [0, 0.1) is 5.92 Å². The largest absolute Gasteiger partial charge is 0.350 e. The summed E-state index contributed by atoms with van der Waals surface area (Å²) in [5, 5.41) is 16.0. The molecule has 11 nitrogen and oxygen atoms in total. The van der Waals surface area contributed by atoms with E-state index >= 15 is 0 Å². The molecule has 12 heteroatoms. The first-order valence-corrected chi connectivity index (χ1v) is 18.5. The van der Waals surface area contributed by atoms with E-state index in [1.807, 2.05) is 37.3 Å². The SMILES string of the molecule is CC(NC(=O)c1cc(-c2ccccc2)n[nH]1)c1ccc(C(=O)N[C@@H](CCC2CCCCC2)C(=O)NC2CCCN(S(C)(=O)=O)C2)cc1. The van der Waals surface area contributed by atoms with Crippen LogP contribution in [0.5, 0.6) is 0 Å². The zero-order chi connectivity index (χ0) is 33.4. The Bertz CT molecular complexity index is 1620. The minimum absolute atomic E-state index is 0.235. The molecule has 1 aliphatic carbocycles. The van der Waals surface area contributed by atoms with Crippen LogP contribution in [0.25, 0.3) is 11.3 Å². The lowest BCUT2D eigenvalue weighted by molar-refractivity contribution is -0.124. The summed E-state index contributed by atoms with van der Waals surface area (Å²) < 4.78 is 25.6. The number of rotatable bonds is 12. The van der Waals surface area contributed by atoms with E-state index < -0.39 is 16.1 Å². The highest BCUT2D eigenvalue weighted by Gasteiger charge is 2.30. The molecule has 5 rings (SSSR count). The van der Waals surface area contributed by atoms with Gasteiger partial charge in [0, 0.05) is 30.3 Å². The van der Waals surface area contributed by atoms with E-state index in [1.165, 1.54) is 29.8 Å². The summed E-state index contributed by atoms with van der Waals surface area (Å²) >= 11 is 0. The summed E-state index contributed by atoms with van der Waals surface area (Å²) in [7, 11) is -3.35. The van der Waals surface area contributed by atoms with Crippen molar-refractivity contribution in [3.8, 4) is 11.3 Å². The summed E-state index contributed by atoms with van der Waals surface area (Å²) in [6.45, 7) is 2.55. The average Bonchev–Trinajstić information content (AvgIpc) is 3.58. The number of nitrogens with zero attached hydrogens (tertiary/aromatic N) is 2. The third-order valence-corrected chi connectivity index (χ3v) is 10.6. The molecule has 0 radical (unpaired) electrons. The number of carbonyl (C=O) groups excluding carboxylic acids is 3. The molecule has 2 aromatic carbocycles. The van der Waals surface area contributed by atoms with Crippen molar-refractivity contribution < 1.29 is 22.8 Å². The first-order valence-electron chi connectivity index (χ1n) is 16.6. The molecule has 2 heterocycles. The highest BCUT2D eigenvalue weighted by atomic mass is 32.2. The molecule has 4 N–H and O–H groups in total. The van der Waals surface area contributed by atoms with Gasteiger partial charge in [0.1, 0.15) is 11.7 Å². The van der Waals surface area contributed by atoms with E-state index in [1.54, 1.807) is 30.3 Å². The Morgan fingerprint density at radius 1 is 0.936 bits per heavy atom. The maximum atomic E-state index is 13.5. The summed E-state index contributed by atoms with van der Waals surface area (Å²) in [6, 6.07) is 16.9. The summed E-state index contributed by atoms with van der Waals surface area (Å²) in [5.74, 6) is -0.395. The van der Waals surface area contributed by atoms with Gasteiger partial charge in [-0.05, 0) is 62.3 Å². The summed E-state index contributed by atoms with van der Waals surface area (Å²) in [6.07, 6.45) is 9.81. The number of sulfonamides is 1. The Kier molecular flexibility index (Phi) is 11.5. The van der Waals surface area contributed by atoms with Crippen LogP contribution in [0.4, 0.5) is 0 Å². The number of nitrogens with one attached hydrogen (secondary N) is 4. The lowest BCUT2D eigenvalue weighted by Crippen LogP contribution is -2.54. The molecule has 3 amide bonds. The van der Waals surface area contributed by atoms with E-state index in [0.29, 0.717) is 48.7 Å². The van der Waals surface area contributed by atoms with Crippen LogP contribution in [-0.4, -0.2) is 72.1 Å². The zero-order valence-electron chi connectivity index (χ0n) is 27.2. The molecule has 3 atom stereocenters. The van der Waals surface area contributed by atoms with Gasteiger partial charge in [-0.2, -0.15) is 5.10 Å². The number of aromatic nitrogens is 2. The molecule has 2 unspecified atom stereocenters. The third kappa shape index (κ3) is 9.51. The smallest absolute Gasteiger partial charge is 0.269 e. The number of hydrogen-bond acceptors (Lipinski definition) is 6. The van der Waals surface area contributed by atoms with Crippen molar-refractivity contribution >= 4 is 27.7 Å². The highest BCUT2D eigenvalue weighted by molar-refractivity contribution is 7.88. The topological polar surface area (TPSA) is 153 Å². The molecule has 2 aliphatic rings. The third-order valence-electron chi connectivity index (χ3n) is 9.32. The molecule has 1 aromatic heterocycles. The van der Waals surface area contributed by atoms with Crippen molar-refractivity contribution in [3.63, 3.8) is 0 Å². The number of aromatic amines is 1. The van der Waals surface area contributed by atoms with Crippen molar-refractivity contribution in [2.75, 3.05) is 19.3 Å². The molecule has 2 fully saturated rings. The van der Waals surface area contributed by atoms with E-state index in [-0.39, 0.29) is 36.3 Å². The highest BCUT2D eigenvalue weighted by Crippen LogP contribution is 2.28. The Balaban J connectivity index is 1.19. The number of carbonyl (C=O) groups is 3. The van der Waals surface area contributed by atoms with Crippen LogP contribution in [0.2, 0.25) is 0 Å². The van der Waals surface area contributed by atoms with Crippen molar-refractivity contribution in [1.29, 1.82) is 0 Å². The predicted molar refractivity (Wildman–Crippen MR) is 181 cm³/mol. The van der Waals surface area contributed by atoms with E-state index in [4.69, 9.17) is 0 Å². The average molecular weight is 663 g/mol. The molecule has 47 heavy (non-hydrogen) atoms. The standard InChI is InChI=1S/C35H46N6O5S/c1-24(36-35(44)32-22-31(39-40-32)27-12-7-4-8-13-27)26-16-18-28(19-17-26)33(42)38-30(20-15-25-10-5-3-6-11-25)34(43)37-29-14-9-21-41(23-29)47(2,45)46/h4,7-8,12-13,16-19,22,24-25,29-30H,3,5-6,9-11,14-15,20-21,23H2,1-2H3,(H,36,44)(H,37,43)(H,38,42)(H,39,40)/t24?,29?,30-/m0/s1. The monoisotopic (exact) mass is 662 g/mol. The molecule has 1 saturated heterocycles. The molecular formula is C35H46N6O5S. The van der Waals surface area contributed by atoms with Gasteiger partial charge in [-0.3, -0.25) is 19.5 Å².